The van der Waals surface area contributed by atoms with Gasteiger partial charge in [0.2, 0.25) is 5.91 Å². The quantitative estimate of drug-likeness (QED) is 0.341. The summed E-state index contributed by atoms with van der Waals surface area (Å²) in [5.41, 5.74) is 2.01. The molecular formula is C25H21F3N6O4S2. The highest BCUT2D eigenvalue weighted by Gasteiger charge is 2.34. The zero-order valence-electron chi connectivity index (χ0n) is 20.8. The van der Waals surface area contributed by atoms with Crippen LogP contribution in [0, 0.1) is 17.5 Å². The standard InChI is InChI=1S/C25H21F3N6O4S2/c1-33(19-4-5-20-22(21(19)28)30-13-39-20)24(35)18(11-14-9-16(26)12-17(27)10-14)31-25(36)32-40(37,38)34-8-6-15-3-2-7-29-23(15)34/h2-5,7,9-10,12-13,18H,6,8,11H2,1H3,(H2,31,32,36)/t18-/m0/s1. The van der Waals surface area contributed by atoms with Gasteiger partial charge in [0.05, 0.1) is 15.9 Å². The number of anilines is 2. The number of fused-ring (bicyclic) bond motifs is 2. The van der Waals surface area contributed by atoms with E-state index in [1.165, 1.54) is 36.2 Å². The second-order valence-corrected chi connectivity index (χ2v) is 11.4. The lowest BCUT2D eigenvalue weighted by molar-refractivity contribution is -0.120. The summed E-state index contributed by atoms with van der Waals surface area (Å²) in [7, 11) is -3.18. The van der Waals surface area contributed by atoms with Crippen molar-refractivity contribution in [2.24, 2.45) is 0 Å². The van der Waals surface area contributed by atoms with Crippen LogP contribution < -0.4 is 19.2 Å². The molecule has 2 aromatic heterocycles. The number of rotatable bonds is 7. The number of carbonyl (C=O) groups is 2. The number of aromatic nitrogens is 2. The van der Waals surface area contributed by atoms with Crippen molar-refractivity contribution >= 4 is 55.2 Å². The van der Waals surface area contributed by atoms with Crippen LogP contribution in [0.25, 0.3) is 10.2 Å². The largest absolute Gasteiger partial charge is 0.330 e. The molecule has 2 aromatic carbocycles. The summed E-state index contributed by atoms with van der Waals surface area (Å²) in [6.45, 7) is 0.0427. The molecule has 40 heavy (non-hydrogen) atoms. The minimum Gasteiger partial charge on any atom is -0.325 e. The highest BCUT2D eigenvalue weighted by Crippen LogP contribution is 2.29. The molecule has 1 aliphatic heterocycles. The van der Waals surface area contributed by atoms with E-state index in [2.05, 4.69) is 15.3 Å². The van der Waals surface area contributed by atoms with Crippen molar-refractivity contribution < 1.29 is 31.2 Å². The molecule has 0 bridgehead atoms. The third-order valence-corrected chi connectivity index (χ3v) is 8.45. The van der Waals surface area contributed by atoms with E-state index in [1.807, 2.05) is 4.72 Å². The van der Waals surface area contributed by atoms with E-state index in [1.54, 1.807) is 18.2 Å². The molecule has 0 radical (unpaired) electrons. The van der Waals surface area contributed by atoms with Gasteiger partial charge in [-0.15, -0.1) is 11.3 Å². The van der Waals surface area contributed by atoms with Gasteiger partial charge in [0, 0.05) is 32.3 Å². The first-order valence-corrected chi connectivity index (χ1v) is 14.1. The molecule has 0 saturated heterocycles. The summed E-state index contributed by atoms with van der Waals surface area (Å²) < 4.78 is 72.1. The Morgan fingerprint density at radius 1 is 1.12 bits per heavy atom. The van der Waals surface area contributed by atoms with Gasteiger partial charge in [-0.1, -0.05) is 6.07 Å². The molecular weight excluding hydrogens is 569 g/mol. The monoisotopic (exact) mass is 590 g/mol. The molecule has 10 nitrogen and oxygen atoms in total. The summed E-state index contributed by atoms with van der Waals surface area (Å²) in [4.78, 5) is 35.3. The number of urea groups is 1. The summed E-state index contributed by atoms with van der Waals surface area (Å²) in [5.74, 6) is -3.32. The number of carbonyl (C=O) groups excluding carboxylic acids is 2. The summed E-state index contributed by atoms with van der Waals surface area (Å²) in [5, 5.41) is 2.26. The number of hydrogen-bond acceptors (Lipinski definition) is 7. The number of pyridine rings is 1. The second-order valence-electron chi connectivity index (χ2n) is 8.92. The maximum Gasteiger partial charge on any atom is 0.330 e. The van der Waals surface area contributed by atoms with Crippen LogP contribution in [-0.4, -0.2) is 50.0 Å². The number of thiazole rings is 1. The van der Waals surface area contributed by atoms with Crippen LogP contribution in [0.4, 0.5) is 29.5 Å². The topological polar surface area (TPSA) is 125 Å². The van der Waals surface area contributed by atoms with Gasteiger partial charge in [-0.3, -0.25) is 4.79 Å². The molecule has 0 saturated carbocycles. The molecule has 3 amide bonds. The minimum absolute atomic E-state index is 0.000465. The lowest BCUT2D eigenvalue weighted by Gasteiger charge is -2.26. The molecule has 5 rings (SSSR count). The SMILES string of the molecule is CN(C(=O)[C@H](Cc1cc(F)cc(F)c1)NC(=O)NS(=O)(=O)N1CCc2cccnc21)c1ccc2scnc2c1F. The number of amides is 3. The van der Waals surface area contributed by atoms with E-state index >= 15 is 4.39 Å². The Kier molecular flexibility index (Phi) is 7.33. The Labute approximate surface area is 230 Å². The van der Waals surface area contributed by atoms with Crippen LogP contribution in [0.2, 0.25) is 0 Å². The van der Waals surface area contributed by atoms with Crippen molar-refractivity contribution in [1.82, 2.24) is 20.0 Å². The number of nitrogens with zero attached hydrogens (tertiary/aromatic N) is 4. The normalized spacial score (nSPS) is 13.7. The number of halogens is 3. The van der Waals surface area contributed by atoms with Crippen molar-refractivity contribution in [1.29, 1.82) is 0 Å². The first-order chi connectivity index (χ1) is 19.0. The maximum atomic E-state index is 15.1. The molecule has 15 heteroatoms. The fourth-order valence-electron chi connectivity index (χ4n) is 4.44. The van der Waals surface area contributed by atoms with Crippen molar-refractivity contribution in [3.05, 3.63) is 82.8 Å². The fourth-order valence-corrected chi connectivity index (χ4v) is 6.23. The Morgan fingerprint density at radius 2 is 1.88 bits per heavy atom. The van der Waals surface area contributed by atoms with Gasteiger partial charge in [0.1, 0.15) is 29.0 Å². The molecule has 0 fully saturated rings. The van der Waals surface area contributed by atoms with Gasteiger partial charge in [-0.05, 0) is 47.9 Å². The highest BCUT2D eigenvalue weighted by molar-refractivity contribution is 7.91. The Morgan fingerprint density at radius 3 is 2.62 bits per heavy atom. The molecule has 0 unspecified atom stereocenters. The van der Waals surface area contributed by atoms with E-state index in [0.717, 1.165) is 21.3 Å². The Bertz CT molecular complexity index is 1710. The lowest BCUT2D eigenvalue weighted by Crippen LogP contribution is -2.54. The molecule has 1 atom stereocenters. The van der Waals surface area contributed by atoms with Crippen LogP contribution in [0.1, 0.15) is 11.1 Å². The number of benzene rings is 2. The molecule has 2 N–H and O–H groups in total. The van der Waals surface area contributed by atoms with Crippen LogP contribution >= 0.6 is 11.3 Å². The molecule has 4 aromatic rings. The molecule has 1 aliphatic rings. The lowest BCUT2D eigenvalue weighted by atomic mass is 10.0. The minimum atomic E-state index is -4.43. The third-order valence-electron chi connectivity index (χ3n) is 6.28. The van der Waals surface area contributed by atoms with Crippen molar-refractivity contribution in [2.75, 3.05) is 22.8 Å². The average molecular weight is 591 g/mol. The number of likely N-dealkylation sites (N-methyl/N-ethyl adjacent to an activating group) is 1. The summed E-state index contributed by atoms with van der Waals surface area (Å²) in [6, 6.07) is 6.05. The predicted octanol–water partition coefficient (Wildman–Crippen LogP) is 3.29. The van der Waals surface area contributed by atoms with E-state index in [-0.39, 0.29) is 29.1 Å². The van der Waals surface area contributed by atoms with E-state index < -0.39 is 52.1 Å². The molecule has 0 aliphatic carbocycles. The van der Waals surface area contributed by atoms with Crippen LogP contribution in [0.3, 0.4) is 0 Å². The van der Waals surface area contributed by atoms with Gasteiger partial charge in [-0.2, -0.15) is 8.42 Å². The Balaban J connectivity index is 1.40. The fraction of sp³-hybridized carbons (Fsp3) is 0.200. The first-order valence-electron chi connectivity index (χ1n) is 11.8. The molecule has 0 spiro atoms. The number of nitrogens with one attached hydrogen (secondary N) is 2. The van der Waals surface area contributed by atoms with Crippen molar-refractivity contribution in [3.8, 4) is 0 Å². The highest BCUT2D eigenvalue weighted by atomic mass is 32.2. The van der Waals surface area contributed by atoms with Gasteiger partial charge in [0.15, 0.2) is 5.82 Å². The summed E-state index contributed by atoms with van der Waals surface area (Å²) in [6.07, 6.45) is 1.37. The molecule has 208 valence electrons. The zero-order chi connectivity index (χ0) is 28.6. The Hall–Kier alpha value is -4.24. The summed E-state index contributed by atoms with van der Waals surface area (Å²) >= 11 is 1.20. The van der Waals surface area contributed by atoms with Crippen molar-refractivity contribution in [2.45, 2.75) is 18.9 Å². The van der Waals surface area contributed by atoms with Gasteiger partial charge < -0.3 is 10.2 Å². The third kappa shape index (κ3) is 5.42. The average Bonchev–Trinajstić information content (AvgIpc) is 3.55. The zero-order valence-corrected chi connectivity index (χ0v) is 22.4. The second kappa shape index (κ2) is 10.7. The van der Waals surface area contributed by atoms with Crippen LogP contribution in [0.15, 0.2) is 54.2 Å². The number of hydrogen-bond donors (Lipinski definition) is 2. The van der Waals surface area contributed by atoms with Crippen molar-refractivity contribution in [3.63, 3.8) is 0 Å². The van der Waals surface area contributed by atoms with E-state index in [9.17, 15) is 26.8 Å². The van der Waals surface area contributed by atoms with Crippen LogP contribution in [0.5, 0.6) is 0 Å². The molecule has 3 heterocycles. The predicted molar refractivity (Wildman–Crippen MR) is 143 cm³/mol. The van der Waals surface area contributed by atoms with E-state index in [4.69, 9.17) is 0 Å². The van der Waals surface area contributed by atoms with Crippen LogP contribution in [-0.2, 0) is 27.8 Å². The maximum absolute atomic E-state index is 15.1. The van der Waals surface area contributed by atoms with Gasteiger partial charge >= 0.3 is 16.2 Å². The smallest absolute Gasteiger partial charge is 0.325 e. The van der Waals surface area contributed by atoms with Gasteiger partial charge in [0.25, 0.3) is 0 Å². The first kappa shape index (κ1) is 27.3. The van der Waals surface area contributed by atoms with Gasteiger partial charge in [-0.25, -0.2) is 37.0 Å². The van der Waals surface area contributed by atoms with E-state index in [0.29, 0.717) is 22.8 Å².